The van der Waals surface area contributed by atoms with Crippen molar-refractivity contribution in [3.05, 3.63) is 34.9 Å². The van der Waals surface area contributed by atoms with E-state index in [2.05, 4.69) is 0 Å². The van der Waals surface area contributed by atoms with E-state index >= 15 is 0 Å². The van der Waals surface area contributed by atoms with Crippen LogP contribution in [0.3, 0.4) is 0 Å². The third-order valence-electron chi connectivity index (χ3n) is 7.34. The third kappa shape index (κ3) is 4.71. The van der Waals surface area contributed by atoms with Gasteiger partial charge in [0.15, 0.2) is 29.1 Å². The van der Waals surface area contributed by atoms with Gasteiger partial charge in [-0.25, -0.2) is 4.79 Å². The molecule has 0 saturated carbocycles. The quantitative estimate of drug-likeness (QED) is 0.377. The largest absolute Gasteiger partial charge is 0.493 e. The van der Waals surface area contributed by atoms with Crippen molar-refractivity contribution < 1.29 is 43.1 Å². The van der Waals surface area contributed by atoms with Gasteiger partial charge in [-0.15, -0.1) is 0 Å². The Hall–Kier alpha value is -3.59. The summed E-state index contributed by atoms with van der Waals surface area (Å²) in [6.07, 6.45) is 0.955. The van der Waals surface area contributed by atoms with Gasteiger partial charge in [0.25, 0.3) is 0 Å². The van der Waals surface area contributed by atoms with Crippen LogP contribution in [0.25, 0.3) is 11.1 Å². The molecule has 2 aromatic rings. The lowest BCUT2D eigenvalue weighted by Gasteiger charge is -2.41. The molecule has 38 heavy (non-hydrogen) atoms. The Balaban J connectivity index is 2.60. The van der Waals surface area contributed by atoms with Gasteiger partial charge in [0.05, 0.1) is 42.7 Å². The van der Waals surface area contributed by atoms with E-state index in [-0.39, 0.29) is 5.92 Å². The summed E-state index contributed by atoms with van der Waals surface area (Å²) in [5.74, 6) is 1.33. The molecule has 1 N–H and O–H groups in total. The van der Waals surface area contributed by atoms with Crippen LogP contribution in [0.5, 0.6) is 34.5 Å². The van der Waals surface area contributed by atoms with Gasteiger partial charge in [0, 0.05) is 22.3 Å². The monoisotopic (exact) mass is 530 g/mol. The number of methoxy groups -OCH3 is 6. The Kier molecular flexibility index (Phi) is 8.72. The summed E-state index contributed by atoms with van der Waals surface area (Å²) in [7, 11) is 9.13. The molecular formula is C29H38O9. The number of carbonyl (C=O) groups is 1. The Morgan fingerprint density at radius 1 is 0.868 bits per heavy atom. The number of aliphatic hydroxyl groups is 1. The van der Waals surface area contributed by atoms with Crippen molar-refractivity contribution in [3.63, 3.8) is 0 Å². The molecule has 3 rings (SSSR count). The van der Waals surface area contributed by atoms with Gasteiger partial charge >= 0.3 is 5.97 Å². The topological polar surface area (TPSA) is 102 Å². The van der Waals surface area contributed by atoms with E-state index in [9.17, 15) is 9.90 Å². The SMILES string of the molecule is C/C=C(/C)C(=O)O[C@H]1c2cc(OC)c(OC)c(OC)c2-c2c(cc(OC)c(OC)c2OC)C[C@H](C)[C@]1(C)O. The summed E-state index contributed by atoms with van der Waals surface area (Å²) in [6, 6.07) is 3.56. The van der Waals surface area contributed by atoms with Crippen molar-refractivity contribution in [2.24, 2.45) is 5.92 Å². The predicted octanol–water partition coefficient (Wildman–Crippen LogP) is 4.90. The number of allylic oxidation sites excluding steroid dienone is 1. The Morgan fingerprint density at radius 2 is 1.37 bits per heavy atom. The van der Waals surface area contributed by atoms with Gasteiger partial charge < -0.3 is 38.3 Å². The molecule has 0 fully saturated rings. The lowest BCUT2D eigenvalue weighted by molar-refractivity contribution is -0.166. The lowest BCUT2D eigenvalue weighted by atomic mass is 9.73. The number of rotatable bonds is 8. The molecule has 9 nitrogen and oxygen atoms in total. The van der Waals surface area contributed by atoms with Crippen LogP contribution in [-0.2, 0) is 16.0 Å². The minimum Gasteiger partial charge on any atom is -0.493 e. The lowest BCUT2D eigenvalue weighted by Crippen LogP contribution is -2.44. The Labute approximate surface area is 224 Å². The predicted molar refractivity (Wildman–Crippen MR) is 143 cm³/mol. The zero-order chi connectivity index (χ0) is 28.4. The highest BCUT2D eigenvalue weighted by molar-refractivity contribution is 5.90. The molecule has 0 amide bonds. The van der Waals surface area contributed by atoms with E-state index in [0.717, 1.165) is 5.56 Å². The summed E-state index contributed by atoms with van der Waals surface area (Å²) in [5.41, 5.74) is 1.34. The molecule has 0 saturated heterocycles. The van der Waals surface area contributed by atoms with Crippen LogP contribution in [0.15, 0.2) is 23.8 Å². The van der Waals surface area contributed by atoms with Gasteiger partial charge in [-0.2, -0.15) is 0 Å². The van der Waals surface area contributed by atoms with Gasteiger partial charge in [-0.1, -0.05) is 13.0 Å². The summed E-state index contributed by atoms with van der Waals surface area (Å²) < 4.78 is 40.5. The zero-order valence-corrected chi connectivity index (χ0v) is 23.8. The average Bonchev–Trinajstić information content (AvgIpc) is 2.92. The molecule has 0 spiro atoms. The number of ether oxygens (including phenoxy) is 7. The summed E-state index contributed by atoms with van der Waals surface area (Å²) in [4.78, 5) is 13.1. The van der Waals surface area contributed by atoms with Crippen LogP contribution in [0.1, 0.15) is 44.9 Å². The first kappa shape index (κ1) is 29.0. The molecule has 0 bridgehead atoms. The van der Waals surface area contributed by atoms with Gasteiger partial charge in [0.1, 0.15) is 5.60 Å². The van der Waals surface area contributed by atoms with Crippen molar-refractivity contribution in [2.75, 3.05) is 42.7 Å². The smallest absolute Gasteiger partial charge is 0.334 e. The molecule has 2 aromatic carbocycles. The van der Waals surface area contributed by atoms with Gasteiger partial charge in [-0.3, -0.25) is 0 Å². The third-order valence-corrected chi connectivity index (χ3v) is 7.34. The van der Waals surface area contributed by atoms with Crippen molar-refractivity contribution in [2.45, 2.75) is 45.8 Å². The normalized spacial score (nSPS) is 20.8. The molecular weight excluding hydrogens is 492 g/mol. The van der Waals surface area contributed by atoms with Crippen molar-refractivity contribution >= 4 is 5.97 Å². The highest BCUT2D eigenvalue weighted by Crippen LogP contribution is 2.58. The second-order valence-electron chi connectivity index (χ2n) is 9.38. The second-order valence-corrected chi connectivity index (χ2v) is 9.38. The Morgan fingerprint density at radius 3 is 1.84 bits per heavy atom. The molecule has 0 aliphatic heterocycles. The van der Waals surface area contributed by atoms with Crippen molar-refractivity contribution in [3.8, 4) is 45.6 Å². The van der Waals surface area contributed by atoms with E-state index in [0.29, 0.717) is 63.2 Å². The minimum atomic E-state index is -1.50. The van der Waals surface area contributed by atoms with Gasteiger partial charge in [0.2, 0.25) is 11.5 Å². The number of benzene rings is 2. The molecule has 0 aromatic heterocycles. The van der Waals surface area contributed by atoms with E-state index in [1.807, 2.05) is 13.0 Å². The standard InChI is InChI=1S/C29H38O9/c1-11-15(2)28(30)38-27-18-14-20(33-6)24(35-8)26(37-10)22(18)21-17(12-16(3)29(27,4)31)13-19(32-5)23(34-7)25(21)36-9/h11,13-14,16,27,31H,12H2,1-10H3/b15-11-/t16-,27-,29-/m0/s1. The number of esters is 1. The average molecular weight is 531 g/mol. The van der Waals surface area contributed by atoms with E-state index in [1.54, 1.807) is 40.0 Å². The number of hydrogen-bond acceptors (Lipinski definition) is 9. The first-order valence-corrected chi connectivity index (χ1v) is 12.3. The summed E-state index contributed by atoms with van der Waals surface area (Å²) in [5, 5.41) is 12.0. The van der Waals surface area contributed by atoms with E-state index in [1.165, 1.54) is 35.5 Å². The fraction of sp³-hybridized carbons (Fsp3) is 0.483. The highest BCUT2D eigenvalue weighted by atomic mass is 16.6. The van der Waals surface area contributed by atoms with Crippen molar-refractivity contribution in [1.82, 2.24) is 0 Å². The maximum absolute atomic E-state index is 13.1. The van der Waals surface area contributed by atoms with Crippen LogP contribution >= 0.6 is 0 Å². The van der Waals surface area contributed by atoms with E-state index in [4.69, 9.17) is 33.2 Å². The van der Waals surface area contributed by atoms with Crippen LogP contribution in [0.4, 0.5) is 0 Å². The second kappa shape index (κ2) is 11.4. The maximum Gasteiger partial charge on any atom is 0.334 e. The molecule has 9 heteroatoms. The fourth-order valence-electron chi connectivity index (χ4n) is 4.89. The molecule has 1 aliphatic rings. The zero-order valence-electron chi connectivity index (χ0n) is 23.8. The number of hydrogen-bond donors (Lipinski definition) is 1. The van der Waals surface area contributed by atoms with Crippen LogP contribution in [0, 0.1) is 5.92 Å². The Bertz CT molecular complexity index is 1230. The molecule has 0 heterocycles. The van der Waals surface area contributed by atoms with Gasteiger partial charge in [-0.05, 0) is 50.8 Å². The van der Waals surface area contributed by atoms with Crippen LogP contribution in [0.2, 0.25) is 0 Å². The minimum absolute atomic E-state index is 0.322. The maximum atomic E-state index is 13.1. The molecule has 0 unspecified atom stereocenters. The molecule has 0 radical (unpaired) electrons. The van der Waals surface area contributed by atoms with Crippen LogP contribution < -0.4 is 28.4 Å². The fourth-order valence-corrected chi connectivity index (χ4v) is 4.89. The number of fused-ring (bicyclic) bond motifs is 3. The highest BCUT2D eigenvalue weighted by Gasteiger charge is 2.47. The summed E-state index contributed by atoms with van der Waals surface area (Å²) in [6.45, 7) is 6.98. The molecule has 1 aliphatic carbocycles. The van der Waals surface area contributed by atoms with E-state index < -0.39 is 17.7 Å². The first-order valence-electron chi connectivity index (χ1n) is 12.3. The molecule has 208 valence electrons. The first-order chi connectivity index (χ1) is 18.0. The van der Waals surface area contributed by atoms with Crippen LogP contribution in [-0.4, -0.2) is 59.3 Å². The summed E-state index contributed by atoms with van der Waals surface area (Å²) >= 11 is 0. The number of carbonyl (C=O) groups excluding carboxylic acids is 1. The molecule has 3 atom stereocenters. The van der Waals surface area contributed by atoms with Crippen molar-refractivity contribution in [1.29, 1.82) is 0 Å².